The molecule has 1 aliphatic heterocycles. The molecular formula is C37H48BrN7O2. The number of nitrogens with zero attached hydrogens (tertiary/aromatic N) is 5. The van der Waals surface area contributed by atoms with Crippen LogP contribution in [-0.4, -0.2) is 55.3 Å². The first-order valence-corrected chi connectivity index (χ1v) is 18.7. The number of aryl methyl sites for hydroxylation is 2. The molecule has 10 heteroatoms. The molecule has 0 bridgehead atoms. The van der Waals surface area contributed by atoms with E-state index in [4.69, 9.17) is 15.5 Å². The zero-order chi connectivity index (χ0) is 32.1. The van der Waals surface area contributed by atoms with Crippen molar-refractivity contribution in [2.45, 2.75) is 102 Å². The molecule has 4 aromatic rings. The molecule has 0 amide bonds. The first-order valence-electron chi connectivity index (χ1n) is 17.9. The van der Waals surface area contributed by atoms with Crippen LogP contribution in [0.15, 0.2) is 41.3 Å². The van der Waals surface area contributed by atoms with Gasteiger partial charge in [0.15, 0.2) is 5.65 Å². The van der Waals surface area contributed by atoms with Crippen LogP contribution in [0.25, 0.3) is 16.8 Å². The second kappa shape index (κ2) is 12.8. The predicted molar refractivity (Wildman–Crippen MR) is 187 cm³/mol. The summed E-state index contributed by atoms with van der Waals surface area (Å²) in [4.78, 5) is 5.07. The van der Waals surface area contributed by atoms with E-state index in [-0.39, 0.29) is 0 Å². The number of aromatic hydroxyl groups is 1. The Hall–Kier alpha value is -2.95. The Morgan fingerprint density at radius 2 is 2.02 bits per heavy atom. The lowest BCUT2D eigenvalue weighted by Crippen LogP contribution is -2.44. The summed E-state index contributed by atoms with van der Waals surface area (Å²) in [5.41, 5.74) is 13.5. The number of aromatic nitrogens is 5. The van der Waals surface area contributed by atoms with Crippen molar-refractivity contribution in [2.75, 3.05) is 25.4 Å². The number of phenolic OH excluding ortho intramolecular Hbond substituents is 1. The normalized spacial score (nSPS) is 28.7. The van der Waals surface area contributed by atoms with E-state index in [0.29, 0.717) is 34.9 Å². The standard InChI is InChI=1S/C37H48BrN7O2/c1-37-14-13-28-27-10-8-26(46)18-23(27)7-9-29(28)31(37)11-12-32(37)47-17-4-2-3-16-44-22-25(20-41-44)30-21-42-45-35(39)33(38)34(43-36(30)45)24-6-5-15-40-19-24/h8,10,18,20-22,24,28-29,31-32,40,46H,2-7,9,11-17,19,39H2,1H3/t24-,28-,29-,31+,32+,37+/m1/s1. The van der Waals surface area contributed by atoms with Crippen LogP contribution in [0, 0.1) is 17.3 Å². The van der Waals surface area contributed by atoms with E-state index in [0.717, 1.165) is 104 Å². The highest BCUT2D eigenvalue weighted by Crippen LogP contribution is 2.61. The summed E-state index contributed by atoms with van der Waals surface area (Å²) < 4.78 is 11.3. The fraction of sp³-hybridized carbons (Fsp3) is 0.595. The number of nitrogens with two attached hydrogens (primary N) is 1. The first-order chi connectivity index (χ1) is 22.9. The Morgan fingerprint density at radius 1 is 1.11 bits per heavy atom. The average Bonchev–Trinajstić information content (AvgIpc) is 3.81. The van der Waals surface area contributed by atoms with E-state index in [9.17, 15) is 5.11 Å². The lowest BCUT2D eigenvalue weighted by molar-refractivity contribution is -0.0647. The molecule has 0 radical (unpaired) electrons. The van der Waals surface area contributed by atoms with Gasteiger partial charge in [-0.3, -0.25) is 4.68 Å². The Balaban J connectivity index is 0.836. The van der Waals surface area contributed by atoms with Crippen LogP contribution < -0.4 is 11.1 Å². The van der Waals surface area contributed by atoms with Crippen LogP contribution in [0.5, 0.6) is 5.75 Å². The van der Waals surface area contributed by atoms with Crippen molar-refractivity contribution in [1.82, 2.24) is 29.7 Å². The molecule has 0 unspecified atom stereocenters. The number of halogens is 1. The third-order valence-electron chi connectivity index (χ3n) is 12.2. The SMILES string of the molecule is C[C@]12CC[C@@H]3c4ccc(O)cc4CC[C@H]3[C@@H]1CC[C@@H]2OCCCCCn1cc(-c2cnn3c(N)c(Br)c([C@@H]4CCCNC4)nc23)cn1. The smallest absolute Gasteiger partial charge is 0.165 e. The van der Waals surface area contributed by atoms with Gasteiger partial charge in [0.1, 0.15) is 11.6 Å². The maximum absolute atomic E-state index is 10.00. The number of fused-ring (bicyclic) bond motifs is 6. The molecule has 47 heavy (non-hydrogen) atoms. The van der Waals surface area contributed by atoms with Crippen molar-refractivity contribution in [3.05, 3.63) is 58.1 Å². The molecule has 1 aromatic carbocycles. The maximum Gasteiger partial charge on any atom is 0.165 e. The van der Waals surface area contributed by atoms with Gasteiger partial charge in [-0.1, -0.05) is 13.0 Å². The van der Waals surface area contributed by atoms with Crippen molar-refractivity contribution >= 4 is 27.4 Å². The van der Waals surface area contributed by atoms with Gasteiger partial charge in [-0.05, 0) is 140 Å². The van der Waals surface area contributed by atoms with E-state index in [1.807, 2.05) is 29.2 Å². The second-order valence-electron chi connectivity index (χ2n) is 14.9. The molecule has 4 aliphatic rings. The monoisotopic (exact) mass is 701 g/mol. The number of hydrogen-bond donors (Lipinski definition) is 3. The van der Waals surface area contributed by atoms with Gasteiger partial charge in [0.2, 0.25) is 0 Å². The molecule has 2 saturated carbocycles. The molecule has 6 atom stereocenters. The molecule has 4 heterocycles. The van der Waals surface area contributed by atoms with Crippen LogP contribution >= 0.6 is 15.9 Å². The van der Waals surface area contributed by atoms with E-state index >= 15 is 0 Å². The largest absolute Gasteiger partial charge is 0.508 e. The number of piperidine rings is 1. The molecule has 3 fully saturated rings. The van der Waals surface area contributed by atoms with Crippen LogP contribution in [0.4, 0.5) is 5.82 Å². The molecule has 4 N–H and O–H groups in total. The number of nitrogens with one attached hydrogen (secondary N) is 1. The van der Waals surface area contributed by atoms with Gasteiger partial charge in [0, 0.05) is 42.9 Å². The van der Waals surface area contributed by atoms with E-state index < -0.39 is 0 Å². The van der Waals surface area contributed by atoms with Crippen molar-refractivity contribution in [3.8, 4) is 16.9 Å². The number of ether oxygens (including phenoxy) is 1. The summed E-state index contributed by atoms with van der Waals surface area (Å²) in [5.74, 6) is 3.49. The van der Waals surface area contributed by atoms with Gasteiger partial charge < -0.3 is 20.9 Å². The third-order valence-corrected chi connectivity index (χ3v) is 13.1. The number of anilines is 1. The van der Waals surface area contributed by atoms with Crippen molar-refractivity contribution < 1.29 is 9.84 Å². The van der Waals surface area contributed by atoms with E-state index in [1.54, 1.807) is 4.52 Å². The molecule has 3 aromatic heterocycles. The molecule has 9 nitrogen and oxygen atoms in total. The fourth-order valence-electron chi connectivity index (χ4n) is 9.77. The number of nitrogen functional groups attached to an aromatic ring is 1. The van der Waals surface area contributed by atoms with E-state index in [2.05, 4.69) is 50.6 Å². The quantitative estimate of drug-likeness (QED) is 0.158. The first kappa shape index (κ1) is 31.3. The van der Waals surface area contributed by atoms with Gasteiger partial charge >= 0.3 is 0 Å². The Bertz CT molecular complexity index is 1750. The third kappa shape index (κ3) is 5.68. The number of hydrogen-bond acceptors (Lipinski definition) is 7. The van der Waals surface area contributed by atoms with Crippen LogP contribution in [0.2, 0.25) is 0 Å². The highest BCUT2D eigenvalue weighted by Gasteiger charge is 2.55. The minimum absolute atomic E-state index is 0.294. The highest BCUT2D eigenvalue weighted by molar-refractivity contribution is 9.10. The van der Waals surface area contributed by atoms with Crippen LogP contribution in [0.1, 0.15) is 99.8 Å². The van der Waals surface area contributed by atoms with Crippen LogP contribution in [0.3, 0.4) is 0 Å². The molecule has 1 saturated heterocycles. The predicted octanol–water partition coefficient (Wildman–Crippen LogP) is 7.22. The minimum Gasteiger partial charge on any atom is -0.508 e. The summed E-state index contributed by atoms with van der Waals surface area (Å²) in [6, 6.07) is 6.10. The molecule has 250 valence electrons. The Labute approximate surface area is 285 Å². The van der Waals surface area contributed by atoms with Gasteiger partial charge in [-0.25, -0.2) is 4.98 Å². The molecule has 8 rings (SSSR count). The van der Waals surface area contributed by atoms with Crippen molar-refractivity contribution in [1.29, 1.82) is 0 Å². The summed E-state index contributed by atoms with van der Waals surface area (Å²) in [5, 5.41) is 22.7. The summed E-state index contributed by atoms with van der Waals surface area (Å²) in [6.07, 6.45) is 19.1. The fourth-order valence-corrected chi connectivity index (χ4v) is 10.4. The number of phenols is 1. The highest BCUT2D eigenvalue weighted by atomic mass is 79.9. The van der Waals surface area contributed by atoms with E-state index in [1.165, 1.54) is 43.2 Å². The Kier molecular flexibility index (Phi) is 8.55. The summed E-state index contributed by atoms with van der Waals surface area (Å²) in [6.45, 7) is 6.22. The van der Waals surface area contributed by atoms with Crippen molar-refractivity contribution in [3.63, 3.8) is 0 Å². The lowest BCUT2D eigenvalue weighted by Gasteiger charge is -2.50. The summed E-state index contributed by atoms with van der Waals surface area (Å²) in [7, 11) is 0. The molecule has 3 aliphatic carbocycles. The topological polar surface area (TPSA) is 116 Å². The number of benzene rings is 1. The molecule has 0 spiro atoms. The second-order valence-corrected chi connectivity index (χ2v) is 15.7. The van der Waals surface area contributed by atoms with Gasteiger partial charge in [0.05, 0.1) is 28.7 Å². The number of unbranched alkanes of at least 4 members (excludes halogenated alkanes) is 2. The maximum atomic E-state index is 10.00. The number of rotatable bonds is 9. The Morgan fingerprint density at radius 3 is 2.89 bits per heavy atom. The minimum atomic E-state index is 0.294. The zero-order valence-electron chi connectivity index (χ0n) is 27.5. The van der Waals surface area contributed by atoms with Crippen LogP contribution in [-0.2, 0) is 17.7 Å². The summed E-state index contributed by atoms with van der Waals surface area (Å²) >= 11 is 3.70. The van der Waals surface area contributed by atoms with Gasteiger partial charge in [-0.15, -0.1) is 0 Å². The van der Waals surface area contributed by atoms with Gasteiger partial charge in [-0.2, -0.15) is 14.7 Å². The molecular weight excluding hydrogens is 654 g/mol. The van der Waals surface area contributed by atoms with Crippen molar-refractivity contribution in [2.24, 2.45) is 17.3 Å². The average molecular weight is 703 g/mol. The van der Waals surface area contributed by atoms with Gasteiger partial charge in [0.25, 0.3) is 0 Å². The lowest BCUT2D eigenvalue weighted by atomic mass is 9.55. The zero-order valence-corrected chi connectivity index (χ0v) is 29.1.